The number of ether oxygens (including phenoxy) is 2. The van der Waals surface area contributed by atoms with E-state index in [9.17, 15) is 19.2 Å². The van der Waals surface area contributed by atoms with Crippen molar-refractivity contribution < 1.29 is 28.7 Å². The fraction of sp³-hybridized carbons (Fsp3) is 0.351. The molecule has 0 radical (unpaired) electrons. The molecule has 10 nitrogen and oxygen atoms in total. The summed E-state index contributed by atoms with van der Waals surface area (Å²) in [6, 6.07) is 0. The molecule has 0 spiro atoms. The third-order valence-electron chi connectivity index (χ3n) is 9.92. The smallest absolute Gasteiger partial charge is 0.321 e. The fourth-order valence-corrected chi connectivity index (χ4v) is 7.45. The van der Waals surface area contributed by atoms with E-state index in [0.29, 0.717) is 57.5 Å². The number of Topliss-reactive ketones (excluding diaryl/α,β-unsaturated/α-hetero) is 1. The van der Waals surface area contributed by atoms with Crippen LogP contribution in [0.3, 0.4) is 0 Å². The Morgan fingerprint density at radius 1 is 0.979 bits per heavy atom. The van der Waals surface area contributed by atoms with Crippen LogP contribution < -0.4 is 16.0 Å². The van der Waals surface area contributed by atoms with Crippen LogP contribution in [0.2, 0.25) is 0 Å². The predicted octanol–water partition coefficient (Wildman–Crippen LogP) is 4.21. The van der Waals surface area contributed by atoms with E-state index in [4.69, 9.17) is 9.47 Å². The molecule has 0 aromatic carbocycles. The molecular weight excluding hydrogens is 596 g/mol. The van der Waals surface area contributed by atoms with Crippen LogP contribution in [-0.4, -0.2) is 52.7 Å². The first-order valence-electron chi connectivity index (χ1n) is 16.1. The Balaban J connectivity index is 1.71. The first kappa shape index (κ1) is 31.8. The number of ketones is 1. The number of carbonyl (C=O) groups excluding carboxylic acids is 4. The van der Waals surface area contributed by atoms with Crippen LogP contribution in [0.5, 0.6) is 0 Å². The van der Waals surface area contributed by atoms with Gasteiger partial charge in [0, 0.05) is 74.3 Å². The van der Waals surface area contributed by atoms with Gasteiger partial charge in [-0.1, -0.05) is 26.5 Å². The Morgan fingerprint density at radius 2 is 1.70 bits per heavy atom. The minimum Gasteiger partial charge on any atom is -0.468 e. The summed E-state index contributed by atoms with van der Waals surface area (Å²) in [5.74, 6) is -2.80. The third-order valence-corrected chi connectivity index (χ3v) is 9.92. The Bertz CT molecular complexity index is 2050. The summed E-state index contributed by atoms with van der Waals surface area (Å²) in [6.07, 6.45) is 9.76. The lowest BCUT2D eigenvalue weighted by Crippen LogP contribution is -2.25. The number of aromatic nitrogens is 3. The number of esters is 2. The molecule has 0 saturated carbocycles. The van der Waals surface area contributed by atoms with Crippen LogP contribution in [0.15, 0.2) is 18.0 Å². The zero-order chi connectivity index (χ0) is 33.7. The van der Waals surface area contributed by atoms with Gasteiger partial charge >= 0.3 is 11.9 Å². The molecule has 5 heterocycles. The quantitative estimate of drug-likeness (QED) is 0.165. The number of hydrogen-bond acceptors (Lipinski definition) is 7. The van der Waals surface area contributed by atoms with Crippen molar-refractivity contribution in [2.24, 2.45) is 17.8 Å². The summed E-state index contributed by atoms with van der Waals surface area (Å²) in [4.78, 5) is 62.9. The Labute approximate surface area is 272 Å². The molecule has 1 aliphatic carbocycles. The highest BCUT2D eigenvalue weighted by molar-refractivity contribution is 6.24. The molecule has 1 saturated heterocycles. The Morgan fingerprint density at radius 3 is 2.36 bits per heavy atom. The maximum absolute atomic E-state index is 14.1. The van der Waals surface area contributed by atoms with Crippen molar-refractivity contribution in [2.75, 3.05) is 13.7 Å². The van der Waals surface area contributed by atoms with Crippen molar-refractivity contribution in [1.82, 2.24) is 20.3 Å². The van der Waals surface area contributed by atoms with Crippen LogP contribution in [-0.2, 0) is 25.5 Å². The van der Waals surface area contributed by atoms with Gasteiger partial charge in [0.25, 0.3) is 0 Å². The molecule has 2 aliphatic heterocycles. The van der Waals surface area contributed by atoms with Gasteiger partial charge in [-0.15, -0.1) is 0 Å². The van der Waals surface area contributed by atoms with Gasteiger partial charge in [0.2, 0.25) is 0 Å². The molecule has 8 bridgehead atoms. The highest BCUT2D eigenvalue weighted by atomic mass is 16.5. The summed E-state index contributed by atoms with van der Waals surface area (Å²) in [7, 11) is 1.28. The van der Waals surface area contributed by atoms with Crippen LogP contribution in [0.1, 0.15) is 99.4 Å². The monoisotopic (exact) mass is 636 g/mol. The van der Waals surface area contributed by atoms with Crippen molar-refractivity contribution >= 4 is 53.9 Å². The third kappa shape index (κ3) is 5.03. The van der Waals surface area contributed by atoms with E-state index in [2.05, 4.69) is 33.8 Å². The second kappa shape index (κ2) is 12.2. The normalized spacial score (nSPS) is 23.6. The van der Waals surface area contributed by atoms with E-state index < -0.39 is 11.9 Å². The van der Waals surface area contributed by atoms with Gasteiger partial charge < -0.3 is 29.7 Å². The molecule has 3 atom stereocenters. The maximum atomic E-state index is 14.1. The van der Waals surface area contributed by atoms with Crippen LogP contribution >= 0.6 is 0 Å². The molecule has 4 N–H and O–H groups in total. The van der Waals surface area contributed by atoms with Crippen LogP contribution in [0.25, 0.3) is 29.9 Å². The number of aromatic amines is 3. The molecule has 3 aromatic rings. The number of hydrogen-bond donors (Lipinski definition) is 4. The van der Waals surface area contributed by atoms with Crippen molar-refractivity contribution in [3.63, 3.8) is 0 Å². The zero-order valence-corrected chi connectivity index (χ0v) is 27.6. The highest BCUT2D eigenvalue weighted by Gasteiger charge is 2.48. The number of rotatable bonds is 8. The lowest BCUT2D eigenvalue weighted by atomic mass is 9.85. The summed E-state index contributed by atoms with van der Waals surface area (Å²) in [5, 5.41) is 5.00. The minimum atomic E-state index is -1.17. The second-order valence-electron chi connectivity index (χ2n) is 12.3. The lowest BCUT2D eigenvalue weighted by Gasteiger charge is -2.19. The van der Waals surface area contributed by atoms with E-state index in [1.807, 2.05) is 39.0 Å². The Kier molecular flexibility index (Phi) is 8.29. The van der Waals surface area contributed by atoms with E-state index >= 15 is 0 Å². The van der Waals surface area contributed by atoms with Crippen molar-refractivity contribution in [3.8, 4) is 0 Å². The van der Waals surface area contributed by atoms with Gasteiger partial charge in [0.1, 0.15) is 5.92 Å². The van der Waals surface area contributed by atoms with E-state index in [0.717, 1.165) is 45.4 Å². The molecule has 3 aromatic heterocycles. The fourth-order valence-electron chi connectivity index (χ4n) is 7.45. The number of fused-ring (bicyclic) bond motifs is 7. The molecule has 47 heavy (non-hydrogen) atoms. The maximum Gasteiger partial charge on any atom is 0.321 e. The molecule has 0 amide bonds. The first-order chi connectivity index (χ1) is 22.6. The molecule has 1 fully saturated rings. The molecular formula is C37H40N4O6. The molecule has 244 valence electrons. The number of allylic oxidation sites excluding steroid dienone is 2. The number of nitrogens with one attached hydrogen (secondary N) is 4. The number of methoxy groups -OCH3 is 1. The average molecular weight is 637 g/mol. The van der Waals surface area contributed by atoms with Crippen molar-refractivity contribution in [2.45, 2.75) is 53.9 Å². The molecule has 3 aliphatic rings. The summed E-state index contributed by atoms with van der Waals surface area (Å²) < 4.78 is 10.4. The number of H-pyrrole nitrogens is 3. The first-order valence-corrected chi connectivity index (χ1v) is 16.1. The van der Waals surface area contributed by atoms with Crippen LogP contribution in [0.4, 0.5) is 0 Å². The van der Waals surface area contributed by atoms with Gasteiger partial charge in [0.05, 0.1) is 24.8 Å². The predicted molar refractivity (Wildman–Crippen MR) is 179 cm³/mol. The van der Waals surface area contributed by atoms with Gasteiger partial charge in [0.15, 0.2) is 12.1 Å². The molecule has 10 heteroatoms. The standard InChI is InChI=1S/C37H40N4O6/c1-8-20-17(4)24-13-25-18(5)22(11-12-30(43)47-10-3)34(40-25)32-33(37(45)46-7)36(44)31-19(6)26(41-35(31)32)14-28-21(9-2)23(16-42)29(39-28)15-27(20)38-24/h8,13-16,18,22,33,38-41H,1,9-12H2,2-7H3/b25-13+,28-14-,29-15+,34-32-/t18-,22-,33+/m0/s1. The number of aldehydes is 1. The topological polar surface area (TPSA) is 146 Å². The zero-order valence-electron chi connectivity index (χ0n) is 27.6. The summed E-state index contributed by atoms with van der Waals surface area (Å²) >= 11 is 0. The minimum absolute atomic E-state index is 0.108. The van der Waals surface area contributed by atoms with Gasteiger partial charge in [-0.05, 0) is 68.5 Å². The average Bonchev–Trinajstić information content (AvgIpc) is 3.80. The summed E-state index contributed by atoms with van der Waals surface area (Å²) in [6.45, 7) is 14.0. The SMILES string of the molecule is C=Cc1c2[nH]c(c1C)/C=C1/N/C(=C3\c4[nH]c(c(C)c4C(=O)[C@@H]3C(=O)OC)/C=c3\[nH]/c(c(C=O)c3CC)=C/2)[C@@H](CCC(=O)OCC)[C@@H]1C. The molecule has 6 rings (SSSR count). The second-order valence-corrected chi connectivity index (χ2v) is 12.3. The van der Waals surface area contributed by atoms with E-state index in [1.165, 1.54) is 7.11 Å². The number of carbonyl (C=O) groups is 4. The van der Waals surface area contributed by atoms with E-state index in [1.54, 1.807) is 13.0 Å². The highest BCUT2D eigenvalue weighted by Crippen LogP contribution is 2.48. The largest absolute Gasteiger partial charge is 0.468 e. The Hall–Kier alpha value is -5.12. The van der Waals surface area contributed by atoms with Gasteiger partial charge in [-0.3, -0.25) is 19.2 Å². The lowest BCUT2D eigenvalue weighted by molar-refractivity contribution is -0.143. The van der Waals surface area contributed by atoms with Gasteiger partial charge in [-0.2, -0.15) is 0 Å². The summed E-state index contributed by atoms with van der Waals surface area (Å²) in [5.41, 5.74) is 9.38. The van der Waals surface area contributed by atoms with Crippen molar-refractivity contribution in [1.29, 1.82) is 0 Å². The van der Waals surface area contributed by atoms with Gasteiger partial charge in [-0.25, -0.2) is 0 Å². The van der Waals surface area contributed by atoms with E-state index in [-0.39, 0.29) is 36.6 Å². The van der Waals surface area contributed by atoms with Crippen molar-refractivity contribution in [3.05, 3.63) is 84.8 Å². The van der Waals surface area contributed by atoms with Crippen LogP contribution in [0, 0.1) is 31.6 Å². The molecule has 0 unspecified atom stereocenters.